The van der Waals surface area contributed by atoms with Crippen LogP contribution in [0.15, 0.2) is 53.4 Å². The van der Waals surface area contributed by atoms with Crippen LogP contribution in [0.5, 0.6) is 0 Å². The van der Waals surface area contributed by atoms with Crippen molar-refractivity contribution in [3.05, 3.63) is 64.7 Å². The highest BCUT2D eigenvalue weighted by molar-refractivity contribution is 7.89. The van der Waals surface area contributed by atoms with E-state index in [2.05, 4.69) is 5.32 Å². The van der Waals surface area contributed by atoms with E-state index in [0.29, 0.717) is 18.0 Å². The summed E-state index contributed by atoms with van der Waals surface area (Å²) in [6.45, 7) is 0.408. The van der Waals surface area contributed by atoms with Gasteiger partial charge < -0.3 is 5.32 Å². The molecule has 0 spiro atoms. The Morgan fingerprint density at radius 1 is 1.06 bits per heavy atom. The zero-order valence-electron chi connectivity index (χ0n) is 16.5. The van der Waals surface area contributed by atoms with Crippen molar-refractivity contribution in [1.82, 2.24) is 9.62 Å². The highest BCUT2D eigenvalue weighted by Crippen LogP contribution is 2.36. The lowest BCUT2D eigenvalue weighted by molar-refractivity contribution is -0.139. The Morgan fingerprint density at radius 3 is 2.29 bits per heavy atom. The fraction of sp³-hybridized carbons (Fsp3) is 0.381. The molecule has 1 heterocycles. The van der Waals surface area contributed by atoms with E-state index < -0.39 is 26.7 Å². The normalized spacial score (nSPS) is 16.3. The SMILES string of the molecule is O=C(NCCc1ccc(Cl)cc1)C1CCN(S(=O)(=O)c2ccccc2C(F)(F)F)CC1. The number of nitrogens with zero attached hydrogens (tertiary/aromatic N) is 1. The summed E-state index contributed by atoms with van der Waals surface area (Å²) >= 11 is 5.84. The second-order valence-electron chi connectivity index (χ2n) is 7.34. The Hall–Kier alpha value is -2.10. The molecule has 31 heavy (non-hydrogen) atoms. The molecule has 1 fully saturated rings. The Bertz CT molecular complexity index is 1020. The number of benzene rings is 2. The van der Waals surface area contributed by atoms with Gasteiger partial charge in [-0.2, -0.15) is 17.5 Å². The zero-order chi connectivity index (χ0) is 22.6. The first kappa shape index (κ1) is 23.6. The van der Waals surface area contributed by atoms with Crippen LogP contribution in [0.25, 0.3) is 0 Å². The maximum atomic E-state index is 13.2. The van der Waals surface area contributed by atoms with Crippen LogP contribution in [0.2, 0.25) is 5.02 Å². The van der Waals surface area contributed by atoms with Crippen LogP contribution in [-0.4, -0.2) is 38.3 Å². The van der Waals surface area contributed by atoms with Crippen molar-refractivity contribution in [2.45, 2.75) is 30.3 Å². The van der Waals surface area contributed by atoms with Crippen LogP contribution in [0.3, 0.4) is 0 Å². The number of amides is 1. The van der Waals surface area contributed by atoms with Gasteiger partial charge in [-0.25, -0.2) is 8.42 Å². The molecule has 10 heteroatoms. The minimum absolute atomic E-state index is 0.0101. The van der Waals surface area contributed by atoms with E-state index in [1.807, 2.05) is 12.1 Å². The van der Waals surface area contributed by atoms with Gasteiger partial charge >= 0.3 is 6.18 Å². The highest BCUT2D eigenvalue weighted by atomic mass is 35.5. The van der Waals surface area contributed by atoms with E-state index in [9.17, 15) is 26.4 Å². The third kappa shape index (κ3) is 5.78. The second kappa shape index (κ2) is 9.58. The quantitative estimate of drug-likeness (QED) is 0.685. The number of nitrogens with one attached hydrogen (secondary N) is 1. The smallest absolute Gasteiger partial charge is 0.356 e. The Labute approximate surface area is 184 Å². The molecule has 168 valence electrons. The third-order valence-electron chi connectivity index (χ3n) is 5.26. The lowest BCUT2D eigenvalue weighted by atomic mass is 9.97. The van der Waals surface area contributed by atoms with Crippen molar-refractivity contribution in [3.63, 3.8) is 0 Å². The van der Waals surface area contributed by atoms with Crippen molar-refractivity contribution in [2.75, 3.05) is 19.6 Å². The predicted molar refractivity (Wildman–Crippen MR) is 111 cm³/mol. The molecule has 1 amide bonds. The van der Waals surface area contributed by atoms with Gasteiger partial charge in [0.2, 0.25) is 15.9 Å². The minimum Gasteiger partial charge on any atom is -0.356 e. The summed E-state index contributed by atoms with van der Waals surface area (Å²) in [5.74, 6) is -0.559. The van der Waals surface area contributed by atoms with Crippen LogP contribution in [0.4, 0.5) is 13.2 Å². The number of sulfonamides is 1. The van der Waals surface area contributed by atoms with Gasteiger partial charge in [0.1, 0.15) is 0 Å². The van der Waals surface area contributed by atoms with Crippen molar-refractivity contribution >= 4 is 27.5 Å². The molecule has 0 bridgehead atoms. The summed E-state index contributed by atoms with van der Waals surface area (Å²) < 4.78 is 66.3. The van der Waals surface area contributed by atoms with Crippen LogP contribution in [0.1, 0.15) is 24.0 Å². The van der Waals surface area contributed by atoms with Crippen LogP contribution >= 0.6 is 11.6 Å². The molecule has 0 atom stereocenters. The number of piperidine rings is 1. The van der Waals surface area contributed by atoms with E-state index in [4.69, 9.17) is 11.6 Å². The summed E-state index contributed by atoms with van der Waals surface area (Å²) in [4.78, 5) is 11.6. The third-order valence-corrected chi connectivity index (χ3v) is 7.47. The van der Waals surface area contributed by atoms with Crippen LogP contribution < -0.4 is 5.32 Å². The molecule has 3 rings (SSSR count). The number of carbonyl (C=O) groups excluding carboxylic acids is 1. The Morgan fingerprint density at radius 2 is 1.68 bits per heavy atom. The van der Waals surface area contributed by atoms with E-state index in [0.717, 1.165) is 28.1 Å². The van der Waals surface area contributed by atoms with Crippen molar-refractivity contribution in [3.8, 4) is 0 Å². The van der Waals surface area contributed by atoms with E-state index in [-0.39, 0.29) is 37.8 Å². The van der Waals surface area contributed by atoms with Gasteiger partial charge in [-0.05, 0) is 49.1 Å². The molecule has 0 aromatic heterocycles. The second-order valence-corrected chi connectivity index (χ2v) is 9.68. The number of carbonyl (C=O) groups is 1. The molecule has 1 saturated heterocycles. The van der Waals surface area contributed by atoms with Gasteiger partial charge in [0.25, 0.3) is 0 Å². The van der Waals surface area contributed by atoms with Crippen molar-refractivity contribution < 1.29 is 26.4 Å². The standard InChI is InChI=1S/C21H22ClF3N2O3S/c22-17-7-5-15(6-8-17)9-12-26-20(28)16-10-13-27(14-11-16)31(29,30)19-4-2-1-3-18(19)21(23,24)25/h1-8,16H,9-14H2,(H,26,28). The lowest BCUT2D eigenvalue weighted by Gasteiger charge is -2.31. The summed E-state index contributed by atoms with van der Waals surface area (Å²) in [6.07, 6.45) is -3.64. The average Bonchev–Trinajstić information content (AvgIpc) is 2.74. The molecule has 2 aromatic rings. The minimum atomic E-state index is -4.77. The predicted octanol–water partition coefficient (Wildman–Crippen LogP) is 4.12. The zero-order valence-corrected chi connectivity index (χ0v) is 18.1. The first-order valence-electron chi connectivity index (χ1n) is 9.77. The van der Waals surface area contributed by atoms with Crippen LogP contribution in [0, 0.1) is 5.92 Å². The molecular weight excluding hydrogens is 453 g/mol. The fourth-order valence-corrected chi connectivity index (χ4v) is 5.36. The topological polar surface area (TPSA) is 66.5 Å². The van der Waals surface area contributed by atoms with Gasteiger partial charge in [0.05, 0.1) is 10.5 Å². The number of rotatable bonds is 6. The van der Waals surface area contributed by atoms with E-state index >= 15 is 0 Å². The summed E-state index contributed by atoms with van der Waals surface area (Å²) in [6, 6.07) is 11.4. The highest BCUT2D eigenvalue weighted by Gasteiger charge is 2.40. The largest absolute Gasteiger partial charge is 0.417 e. The van der Waals surface area contributed by atoms with Crippen molar-refractivity contribution in [1.29, 1.82) is 0 Å². The molecule has 1 N–H and O–H groups in total. The van der Waals surface area contributed by atoms with E-state index in [1.54, 1.807) is 12.1 Å². The maximum Gasteiger partial charge on any atom is 0.417 e. The molecule has 5 nitrogen and oxygen atoms in total. The number of halogens is 4. The molecule has 0 radical (unpaired) electrons. The summed E-state index contributed by atoms with van der Waals surface area (Å²) in [7, 11) is -4.31. The molecule has 1 aliphatic heterocycles. The van der Waals surface area contributed by atoms with E-state index in [1.165, 1.54) is 6.07 Å². The van der Waals surface area contributed by atoms with Gasteiger partial charge in [-0.3, -0.25) is 4.79 Å². The number of alkyl halides is 3. The van der Waals surface area contributed by atoms with Crippen LogP contribution in [-0.2, 0) is 27.4 Å². The Balaban J connectivity index is 1.56. The lowest BCUT2D eigenvalue weighted by Crippen LogP contribution is -2.43. The monoisotopic (exact) mass is 474 g/mol. The number of hydrogen-bond donors (Lipinski definition) is 1. The van der Waals surface area contributed by atoms with Gasteiger partial charge in [-0.15, -0.1) is 0 Å². The number of hydrogen-bond acceptors (Lipinski definition) is 3. The molecular formula is C21H22ClF3N2O3S. The fourth-order valence-electron chi connectivity index (χ4n) is 3.55. The first-order valence-corrected chi connectivity index (χ1v) is 11.6. The van der Waals surface area contributed by atoms with Gasteiger partial charge in [0, 0.05) is 30.6 Å². The first-order chi connectivity index (χ1) is 14.6. The van der Waals surface area contributed by atoms with Crippen molar-refractivity contribution in [2.24, 2.45) is 5.92 Å². The van der Waals surface area contributed by atoms with Gasteiger partial charge in [0.15, 0.2) is 0 Å². The molecule has 2 aromatic carbocycles. The molecule has 1 aliphatic rings. The summed E-state index contributed by atoms with van der Waals surface area (Å²) in [5.41, 5.74) is -0.161. The molecule has 0 unspecified atom stereocenters. The molecule has 0 saturated carbocycles. The maximum absolute atomic E-state index is 13.2. The van der Waals surface area contributed by atoms with Gasteiger partial charge in [-0.1, -0.05) is 35.9 Å². The average molecular weight is 475 g/mol. The summed E-state index contributed by atoms with van der Waals surface area (Å²) in [5, 5.41) is 3.47. The molecule has 0 aliphatic carbocycles. The Kier molecular flexibility index (Phi) is 7.28.